The standard InChI is InChI=1S/C27H41NO6S/c1-15-9-8-10-27(7)22(34-27)12-20(16(2)11-19-14-35-18(4)28-19)33-23(30)13-21(29)26(5,6)25(32)17(3)24(15)31/h11,14-15,17,20-22,24,29,31H,8-10,12-13H2,1-7H3/b16-11+/t15-,17?,20?,21-,22+,24-,27-/m0/s1. The number of aliphatic hydroxyl groups is 2. The lowest BCUT2D eigenvalue weighted by Crippen LogP contribution is -2.45. The third-order valence-corrected chi connectivity index (χ3v) is 8.72. The Morgan fingerprint density at radius 1 is 1.23 bits per heavy atom. The number of thiazole rings is 1. The molecule has 8 heteroatoms. The second kappa shape index (κ2) is 10.8. The number of aryl methyl sites for hydroxylation is 1. The molecule has 2 N–H and O–H groups in total. The molecule has 35 heavy (non-hydrogen) atoms. The minimum Gasteiger partial charge on any atom is -0.458 e. The Bertz CT molecular complexity index is 955. The third-order valence-electron chi connectivity index (χ3n) is 7.93. The van der Waals surface area contributed by atoms with Gasteiger partial charge in [0.1, 0.15) is 11.9 Å². The summed E-state index contributed by atoms with van der Waals surface area (Å²) in [6.07, 6.45) is 1.98. The Balaban J connectivity index is 1.85. The number of fused-ring (bicyclic) bond motifs is 1. The number of carbonyl (C=O) groups is 2. The van der Waals surface area contributed by atoms with Crippen LogP contribution in [0.2, 0.25) is 0 Å². The number of aromatic nitrogens is 1. The zero-order valence-electron chi connectivity index (χ0n) is 22.0. The highest BCUT2D eigenvalue weighted by Crippen LogP contribution is 2.45. The number of epoxide rings is 1. The number of esters is 1. The van der Waals surface area contributed by atoms with Gasteiger partial charge in [0.15, 0.2) is 0 Å². The molecule has 0 spiro atoms. The highest BCUT2D eigenvalue weighted by molar-refractivity contribution is 7.09. The van der Waals surface area contributed by atoms with Crippen molar-refractivity contribution in [2.45, 2.75) is 111 Å². The zero-order valence-corrected chi connectivity index (χ0v) is 22.9. The lowest BCUT2D eigenvalue weighted by molar-refractivity contribution is -0.154. The minimum absolute atomic E-state index is 0.0455. The molecule has 0 amide bonds. The molecule has 0 bridgehead atoms. The van der Waals surface area contributed by atoms with Crippen LogP contribution in [0.25, 0.3) is 6.08 Å². The van der Waals surface area contributed by atoms with Gasteiger partial charge in [-0.05, 0) is 51.2 Å². The number of Topliss-reactive ketones (excluding diaryl/α,β-unsaturated/α-hetero) is 1. The van der Waals surface area contributed by atoms with E-state index in [9.17, 15) is 19.8 Å². The molecular formula is C27H41NO6S. The molecule has 3 rings (SSSR count). The molecule has 0 aliphatic carbocycles. The lowest BCUT2D eigenvalue weighted by atomic mass is 9.73. The Morgan fingerprint density at radius 2 is 1.91 bits per heavy atom. The van der Waals surface area contributed by atoms with E-state index < -0.39 is 35.6 Å². The molecule has 1 aromatic heterocycles. The van der Waals surface area contributed by atoms with Crippen molar-refractivity contribution >= 4 is 29.2 Å². The van der Waals surface area contributed by atoms with Crippen LogP contribution in [-0.2, 0) is 19.1 Å². The van der Waals surface area contributed by atoms with Gasteiger partial charge >= 0.3 is 5.97 Å². The first kappa shape index (κ1) is 28.0. The Hall–Kier alpha value is -1.61. The highest BCUT2D eigenvalue weighted by atomic mass is 32.1. The smallest absolute Gasteiger partial charge is 0.309 e. The highest BCUT2D eigenvalue weighted by Gasteiger charge is 2.53. The van der Waals surface area contributed by atoms with Crippen LogP contribution in [0.5, 0.6) is 0 Å². The maximum Gasteiger partial charge on any atom is 0.309 e. The number of ether oxygens (including phenoxy) is 2. The summed E-state index contributed by atoms with van der Waals surface area (Å²) in [6.45, 7) is 12.8. The number of rotatable bonds is 2. The van der Waals surface area contributed by atoms with Crippen molar-refractivity contribution in [2.24, 2.45) is 17.3 Å². The average molecular weight is 508 g/mol. The SMILES string of the molecule is C/C(=C\c1csc(C)n1)C1C[C@H]2O[C@@]2(C)CCC[C@H](C)[C@H](O)C(C)C(=O)C(C)(C)[C@@H](O)CC(=O)O1. The van der Waals surface area contributed by atoms with E-state index in [0.717, 1.165) is 35.5 Å². The molecule has 3 heterocycles. The molecule has 2 saturated heterocycles. The van der Waals surface area contributed by atoms with Crippen molar-refractivity contribution < 1.29 is 29.3 Å². The molecule has 0 saturated carbocycles. The number of hydrogen-bond acceptors (Lipinski definition) is 8. The second-order valence-corrected chi connectivity index (χ2v) is 12.3. The van der Waals surface area contributed by atoms with Gasteiger partial charge in [0.2, 0.25) is 0 Å². The van der Waals surface area contributed by atoms with E-state index >= 15 is 0 Å². The van der Waals surface area contributed by atoms with E-state index in [-0.39, 0.29) is 29.8 Å². The fraction of sp³-hybridized carbons (Fsp3) is 0.741. The predicted octanol–water partition coefficient (Wildman–Crippen LogP) is 4.48. The van der Waals surface area contributed by atoms with Crippen LogP contribution in [0.1, 0.15) is 84.3 Å². The van der Waals surface area contributed by atoms with E-state index in [1.807, 2.05) is 32.2 Å². The topological polar surface area (TPSA) is 109 Å². The van der Waals surface area contributed by atoms with E-state index in [2.05, 4.69) is 11.9 Å². The molecule has 2 aliphatic heterocycles. The number of carbonyl (C=O) groups excluding carboxylic acids is 2. The molecule has 7 nitrogen and oxygen atoms in total. The van der Waals surface area contributed by atoms with Gasteiger partial charge in [-0.1, -0.05) is 34.1 Å². The molecule has 7 atom stereocenters. The van der Waals surface area contributed by atoms with Crippen LogP contribution in [0.4, 0.5) is 0 Å². The molecule has 0 radical (unpaired) electrons. The van der Waals surface area contributed by atoms with Gasteiger partial charge in [-0.3, -0.25) is 9.59 Å². The summed E-state index contributed by atoms with van der Waals surface area (Å²) in [6, 6.07) is 0. The monoisotopic (exact) mass is 507 g/mol. The number of hydrogen-bond donors (Lipinski definition) is 2. The van der Waals surface area contributed by atoms with Crippen LogP contribution in [0.15, 0.2) is 11.0 Å². The summed E-state index contributed by atoms with van der Waals surface area (Å²) in [5.74, 6) is -1.55. The first-order chi connectivity index (χ1) is 16.2. The van der Waals surface area contributed by atoms with Gasteiger partial charge in [-0.2, -0.15) is 0 Å². The van der Waals surface area contributed by atoms with Crippen LogP contribution >= 0.6 is 11.3 Å². The largest absolute Gasteiger partial charge is 0.458 e. The molecule has 0 aromatic carbocycles. The third kappa shape index (κ3) is 6.59. The van der Waals surface area contributed by atoms with Crippen LogP contribution in [0.3, 0.4) is 0 Å². The minimum atomic E-state index is -1.23. The van der Waals surface area contributed by atoms with Crippen molar-refractivity contribution in [2.75, 3.05) is 0 Å². The summed E-state index contributed by atoms with van der Waals surface area (Å²) >= 11 is 1.56. The van der Waals surface area contributed by atoms with Gasteiger partial charge in [0.05, 0.1) is 46.5 Å². The summed E-state index contributed by atoms with van der Waals surface area (Å²) in [4.78, 5) is 30.6. The average Bonchev–Trinajstić information content (AvgIpc) is 3.22. The molecule has 1 aromatic rings. The second-order valence-electron chi connectivity index (χ2n) is 11.3. The van der Waals surface area contributed by atoms with Gasteiger partial charge in [-0.25, -0.2) is 4.98 Å². The van der Waals surface area contributed by atoms with E-state index in [1.165, 1.54) is 0 Å². The zero-order chi connectivity index (χ0) is 26.1. The van der Waals surface area contributed by atoms with Crippen LogP contribution < -0.4 is 0 Å². The maximum atomic E-state index is 13.2. The van der Waals surface area contributed by atoms with Crippen molar-refractivity contribution in [3.63, 3.8) is 0 Å². The van der Waals surface area contributed by atoms with Crippen LogP contribution in [-0.4, -0.2) is 57.0 Å². The number of aliphatic hydroxyl groups excluding tert-OH is 2. The van der Waals surface area contributed by atoms with E-state index in [4.69, 9.17) is 9.47 Å². The van der Waals surface area contributed by atoms with E-state index in [1.54, 1.807) is 32.1 Å². The van der Waals surface area contributed by atoms with Crippen molar-refractivity contribution in [1.82, 2.24) is 4.98 Å². The maximum absolute atomic E-state index is 13.2. The number of cyclic esters (lactones) is 1. The van der Waals surface area contributed by atoms with Gasteiger partial charge in [0.25, 0.3) is 0 Å². The lowest BCUT2D eigenvalue weighted by Gasteiger charge is -2.34. The summed E-state index contributed by atoms with van der Waals surface area (Å²) in [7, 11) is 0. The van der Waals surface area contributed by atoms with Crippen molar-refractivity contribution in [3.05, 3.63) is 21.7 Å². The number of ketones is 1. The van der Waals surface area contributed by atoms with E-state index in [0.29, 0.717) is 6.42 Å². The molecule has 2 unspecified atom stereocenters. The fourth-order valence-corrected chi connectivity index (χ4v) is 5.64. The van der Waals surface area contributed by atoms with Crippen molar-refractivity contribution in [3.8, 4) is 0 Å². The normalized spacial score (nSPS) is 37.5. The molecular weight excluding hydrogens is 466 g/mol. The summed E-state index contributed by atoms with van der Waals surface area (Å²) in [5.41, 5.74) is 0.179. The fourth-order valence-electron chi connectivity index (χ4n) is 5.07. The Labute approximate surface area is 212 Å². The molecule has 2 fully saturated rings. The van der Waals surface area contributed by atoms with Crippen LogP contribution in [0, 0.1) is 24.2 Å². The first-order valence-electron chi connectivity index (χ1n) is 12.6. The molecule has 2 aliphatic rings. The quantitative estimate of drug-likeness (QED) is 0.449. The predicted molar refractivity (Wildman–Crippen MR) is 136 cm³/mol. The van der Waals surface area contributed by atoms with Gasteiger partial charge < -0.3 is 19.7 Å². The van der Waals surface area contributed by atoms with Gasteiger partial charge in [0, 0.05) is 17.7 Å². The van der Waals surface area contributed by atoms with Gasteiger partial charge in [-0.15, -0.1) is 11.3 Å². The van der Waals surface area contributed by atoms with Crippen molar-refractivity contribution in [1.29, 1.82) is 0 Å². The summed E-state index contributed by atoms with van der Waals surface area (Å²) in [5, 5.41) is 24.6. The first-order valence-corrected chi connectivity index (χ1v) is 13.5. The Kier molecular flexibility index (Phi) is 8.62. The molecule has 196 valence electrons. The summed E-state index contributed by atoms with van der Waals surface area (Å²) < 4.78 is 11.9. The number of nitrogens with zero attached hydrogens (tertiary/aromatic N) is 1. The Morgan fingerprint density at radius 3 is 2.54 bits per heavy atom.